The van der Waals surface area contributed by atoms with Crippen LogP contribution < -0.4 is 10.2 Å². The van der Waals surface area contributed by atoms with Crippen molar-refractivity contribution in [3.8, 4) is 0 Å². The van der Waals surface area contributed by atoms with Crippen LogP contribution >= 0.6 is 0 Å². The quantitative estimate of drug-likeness (QED) is 0.877. The fraction of sp³-hybridized carbons (Fsp3) is 0.625. The van der Waals surface area contributed by atoms with Crippen molar-refractivity contribution in [2.45, 2.75) is 33.4 Å². The smallest absolute Gasteiger partial charge is 0.0367 e. The molecule has 0 spiro atoms. The van der Waals surface area contributed by atoms with Crippen molar-refractivity contribution in [2.75, 3.05) is 37.6 Å². The summed E-state index contributed by atoms with van der Waals surface area (Å²) in [5.74, 6) is 0. The highest BCUT2D eigenvalue weighted by atomic mass is 15.3. The number of rotatable bonds is 5. The zero-order valence-corrected chi connectivity index (χ0v) is 12.5. The SMILES string of the molecule is CCN1CCN(c2ccc(CNC(C)C)cc2)CC1. The van der Waals surface area contributed by atoms with Crippen LogP contribution in [0.3, 0.4) is 0 Å². The van der Waals surface area contributed by atoms with Crippen LogP contribution in [0.5, 0.6) is 0 Å². The lowest BCUT2D eigenvalue weighted by Crippen LogP contribution is -2.46. The maximum Gasteiger partial charge on any atom is 0.0367 e. The lowest BCUT2D eigenvalue weighted by Gasteiger charge is -2.35. The number of hydrogen-bond donors (Lipinski definition) is 1. The van der Waals surface area contributed by atoms with Crippen molar-refractivity contribution in [3.63, 3.8) is 0 Å². The third-order valence-electron chi connectivity index (χ3n) is 3.84. The van der Waals surface area contributed by atoms with Gasteiger partial charge in [-0.3, -0.25) is 0 Å². The monoisotopic (exact) mass is 261 g/mol. The number of likely N-dealkylation sites (N-methyl/N-ethyl adjacent to an activating group) is 1. The molecule has 3 nitrogen and oxygen atoms in total. The van der Waals surface area contributed by atoms with Gasteiger partial charge in [0, 0.05) is 44.5 Å². The summed E-state index contributed by atoms with van der Waals surface area (Å²) in [6, 6.07) is 9.56. The molecule has 19 heavy (non-hydrogen) atoms. The molecule has 0 saturated carbocycles. The Morgan fingerprint density at radius 1 is 1.05 bits per heavy atom. The van der Waals surface area contributed by atoms with E-state index < -0.39 is 0 Å². The van der Waals surface area contributed by atoms with E-state index >= 15 is 0 Å². The second kappa shape index (κ2) is 6.92. The molecule has 3 heteroatoms. The Bertz CT molecular complexity index is 364. The molecule has 0 aromatic heterocycles. The van der Waals surface area contributed by atoms with Crippen molar-refractivity contribution in [2.24, 2.45) is 0 Å². The molecular formula is C16H27N3. The van der Waals surface area contributed by atoms with Gasteiger partial charge < -0.3 is 15.1 Å². The van der Waals surface area contributed by atoms with E-state index in [1.165, 1.54) is 30.9 Å². The molecule has 2 rings (SSSR count). The van der Waals surface area contributed by atoms with Gasteiger partial charge >= 0.3 is 0 Å². The minimum atomic E-state index is 0.543. The van der Waals surface area contributed by atoms with E-state index in [1.54, 1.807) is 0 Å². The summed E-state index contributed by atoms with van der Waals surface area (Å²) in [5, 5.41) is 3.45. The van der Waals surface area contributed by atoms with Crippen molar-refractivity contribution in [1.29, 1.82) is 0 Å². The molecule has 0 atom stereocenters. The van der Waals surface area contributed by atoms with Gasteiger partial charge in [-0.05, 0) is 24.2 Å². The molecule has 1 aromatic rings. The first-order valence-corrected chi connectivity index (χ1v) is 7.48. The third-order valence-corrected chi connectivity index (χ3v) is 3.84. The molecule has 1 saturated heterocycles. The molecule has 1 N–H and O–H groups in total. The zero-order valence-electron chi connectivity index (χ0n) is 12.5. The van der Waals surface area contributed by atoms with Gasteiger partial charge in [0.05, 0.1) is 0 Å². The molecule has 1 aromatic carbocycles. The highest BCUT2D eigenvalue weighted by molar-refractivity contribution is 5.48. The standard InChI is InChI=1S/C16H27N3/c1-4-18-9-11-19(12-10-18)16-7-5-15(6-8-16)13-17-14(2)3/h5-8,14,17H,4,9-13H2,1-3H3. The van der Waals surface area contributed by atoms with Gasteiger partial charge in [-0.25, -0.2) is 0 Å². The van der Waals surface area contributed by atoms with Gasteiger partial charge in [0.25, 0.3) is 0 Å². The summed E-state index contributed by atoms with van der Waals surface area (Å²) in [6.45, 7) is 13.4. The molecule has 1 aliphatic heterocycles. The van der Waals surface area contributed by atoms with Crippen LogP contribution in [0.4, 0.5) is 5.69 Å². The number of anilines is 1. The van der Waals surface area contributed by atoms with Crippen molar-refractivity contribution in [1.82, 2.24) is 10.2 Å². The fourth-order valence-corrected chi connectivity index (χ4v) is 2.47. The summed E-state index contributed by atoms with van der Waals surface area (Å²) in [4.78, 5) is 5.00. The number of nitrogens with zero attached hydrogens (tertiary/aromatic N) is 2. The Balaban J connectivity index is 1.88. The van der Waals surface area contributed by atoms with E-state index in [0.717, 1.165) is 19.6 Å². The topological polar surface area (TPSA) is 18.5 Å². The summed E-state index contributed by atoms with van der Waals surface area (Å²) < 4.78 is 0. The highest BCUT2D eigenvalue weighted by Crippen LogP contribution is 2.17. The second-order valence-electron chi connectivity index (χ2n) is 5.62. The van der Waals surface area contributed by atoms with Gasteiger partial charge in [-0.2, -0.15) is 0 Å². The fourth-order valence-electron chi connectivity index (χ4n) is 2.47. The Morgan fingerprint density at radius 3 is 2.21 bits per heavy atom. The van der Waals surface area contributed by atoms with Gasteiger partial charge in [0.2, 0.25) is 0 Å². The van der Waals surface area contributed by atoms with Crippen LogP contribution in [0, 0.1) is 0 Å². The normalized spacial score (nSPS) is 17.2. The van der Waals surface area contributed by atoms with E-state index in [4.69, 9.17) is 0 Å². The van der Waals surface area contributed by atoms with Crippen molar-refractivity contribution >= 4 is 5.69 Å². The minimum absolute atomic E-state index is 0.543. The lowest BCUT2D eigenvalue weighted by molar-refractivity contribution is 0.271. The van der Waals surface area contributed by atoms with E-state index in [2.05, 4.69) is 60.2 Å². The average molecular weight is 261 g/mol. The molecule has 0 unspecified atom stereocenters. The number of hydrogen-bond acceptors (Lipinski definition) is 3. The largest absolute Gasteiger partial charge is 0.369 e. The Labute approximate surface area is 117 Å². The van der Waals surface area contributed by atoms with E-state index in [0.29, 0.717) is 6.04 Å². The molecular weight excluding hydrogens is 234 g/mol. The first kappa shape index (κ1) is 14.4. The van der Waals surface area contributed by atoms with Gasteiger partial charge in [-0.1, -0.05) is 32.9 Å². The summed E-state index contributed by atoms with van der Waals surface area (Å²) >= 11 is 0. The van der Waals surface area contributed by atoms with Crippen LogP contribution in [0.25, 0.3) is 0 Å². The summed E-state index contributed by atoms with van der Waals surface area (Å²) in [7, 11) is 0. The molecule has 1 fully saturated rings. The van der Waals surface area contributed by atoms with Crippen LogP contribution in [0.2, 0.25) is 0 Å². The van der Waals surface area contributed by atoms with Crippen molar-refractivity contribution in [3.05, 3.63) is 29.8 Å². The van der Waals surface area contributed by atoms with Gasteiger partial charge in [0.1, 0.15) is 0 Å². The molecule has 1 aliphatic rings. The molecule has 0 amide bonds. The van der Waals surface area contributed by atoms with Gasteiger partial charge in [-0.15, -0.1) is 0 Å². The van der Waals surface area contributed by atoms with Crippen molar-refractivity contribution < 1.29 is 0 Å². The molecule has 0 radical (unpaired) electrons. The van der Waals surface area contributed by atoms with E-state index in [9.17, 15) is 0 Å². The second-order valence-corrected chi connectivity index (χ2v) is 5.62. The first-order chi connectivity index (χ1) is 9.19. The number of nitrogens with one attached hydrogen (secondary N) is 1. The summed E-state index contributed by atoms with van der Waals surface area (Å²) in [5.41, 5.74) is 2.73. The number of piperazine rings is 1. The number of benzene rings is 1. The van der Waals surface area contributed by atoms with Crippen LogP contribution in [-0.4, -0.2) is 43.7 Å². The predicted octanol–water partition coefficient (Wildman–Crippen LogP) is 2.33. The van der Waals surface area contributed by atoms with Gasteiger partial charge in [0.15, 0.2) is 0 Å². The maximum absolute atomic E-state index is 3.45. The zero-order chi connectivity index (χ0) is 13.7. The van der Waals surface area contributed by atoms with E-state index in [-0.39, 0.29) is 0 Å². The Morgan fingerprint density at radius 2 is 1.68 bits per heavy atom. The Kier molecular flexibility index (Phi) is 5.23. The highest BCUT2D eigenvalue weighted by Gasteiger charge is 2.15. The molecule has 106 valence electrons. The average Bonchev–Trinajstić information content (AvgIpc) is 2.46. The third kappa shape index (κ3) is 4.22. The first-order valence-electron chi connectivity index (χ1n) is 7.48. The maximum atomic E-state index is 3.45. The minimum Gasteiger partial charge on any atom is -0.369 e. The molecule has 1 heterocycles. The predicted molar refractivity (Wildman–Crippen MR) is 82.7 cm³/mol. The van der Waals surface area contributed by atoms with Crippen LogP contribution in [0.1, 0.15) is 26.3 Å². The van der Waals surface area contributed by atoms with E-state index in [1.807, 2.05) is 0 Å². The Hall–Kier alpha value is -1.06. The molecule has 0 bridgehead atoms. The van der Waals surface area contributed by atoms with Crippen LogP contribution in [0.15, 0.2) is 24.3 Å². The lowest BCUT2D eigenvalue weighted by atomic mass is 10.1. The summed E-state index contributed by atoms with van der Waals surface area (Å²) in [6.07, 6.45) is 0. The van der Waals surface area contributed by atoms with Crippen LogP contribution in [-0.2, 0) is 6.54 Å². The molecule has 0 aliphatic carbocycles.